The molecule has 0 radical (unpaired) electrons. The zero-order valence-corrected chi connectivity index (χ0v) is 17.0. The second kappa shape index (κ2) is 8.23. The van der Waals surface area contributed by atoms with Crippen molar-refractivity contribution < 1.29 is 14.5 Å². The van der Waals surface area contributed by atoms with Gasteiger partial charge in [0.15, 0.2) is 0 Å². The molecule has 0 bridgehead atoms. The van der Waals surface area contributed by atoms with Gasteiger partial charge < -0.3 is 4.74 Å². The third kappa shape index (κ3) is 3.93. The molecule has 0 spiro atoms. The van der Waals surface area contributed by atoms with Crippen LogP contribution in [0, 0.1) is 17.0 Å². The number of aliphatic imine (C=N–C) groups is 1. The van der Waals surface area contributed by atoms with Crippen LogP contribution in [0.15, 0.2) is 83.5 Å². The summed E-state index contributed by atoms with van der Waals surface area (Å²) in [5, 5.41) is 11.4. The number of carbonyl (C=O) groups is 1. The summed E-state index contributed by atoms with van der Waals surface area (Å²) in [7, 11) is 1.57. The number of rotatable bonds is 5. The topological polar surface area (TPSA) is 85.0 Å². The van der Waals surface area contributed by atoms with Gasteiger partial charge in [-0.1, -0.05) is 35.9 Å². The minimum Gasteiger partial charge on any atom is -0.497 e. The number of methoxy groups -OCH3 is 1. The van der Waals surface area contributed by atoms with Crippen LogP contribution in [0.1, 0.15) is 16.7 Å². The van der Waals surface area contributed by atoms with Crippen LogP contribution >= 0.6 is 0 Å². The zero-order valence-electron chi connectivity index (χ0n) is 17.0. The summed E-state index contributed by atoms with van der Waals surface area (Å²) in [5.74, 6) is 0.767. The average molecular weight is 413 g/mol. The van der Waals surface area contributed by atoms with E-state index in [2.05, 4.69) is 4.99 Å². The fraction of sp³-hybridized carbons (Fsp3) is 0.0833. The molecule has 154 valence electrons. The van der Waals surface area contributed by atoms with Gasteiger partial charge in [-0.2, -0.15) is 0 Å². The van der Waals surface area contributed by atoms with Crippen LogP contribution in [-0.4, -0.2) is 23.8 Å². The van der Waals surface area contributed by atoms with Gasteiger partial charge in [0.1, 0.15) is 17.3 Å². The minimum absolute atomic E-state index is 0.0852. The molecule has 0 atom stereocenters. The summed E-state index contributed by atoms with van der Waals surface area (Å²) in [6.45, 7) is 1.96. The highest BCUT2D eigenvalue weighted by Crippen LogP contribution is 2.30. The number of nitro groups is 1. The Kier molecular flexibility index (Phi) is 5.32. The maximum Gasteiger partial charge on any atom is 0.282 e. The van der Waals surface area contributed by atoms with Crippen LogP contribution in [0.5, 0.6) is 5.75 Å². The Balaban J connectivity index is 1.85. The molecule has 0 saturated heterocycles. The lowest BCUT2D eigenvalue weighted by Gasteiger charge is -2.19. The highest BCUT2D eigenvalue weighted by molar-refractivity contribution is 6.33. The van der Waals surface area contributed by atoms with Gasteiger partial charge in [-0.05, 0) is 49.4 Å². The molecular weight excluding hydrogens is 394 g/mol. The predicted octanol–water partition coefficient (Wildman–Crippen LogP) is 4.75. The monoisotopic (exact) mass is 413 g/mol. The number of benzene rings is 3. The third-order valence-corrected chi connectivity index (χ3v) is 4.89. The summed E-state index contributed by atoms with van der Waals surface area (Å²) in [6.07, 6.45) is 1.46. The first-order chi connectivity index (χ1) is 15.0. The molecule has 0 aliphatic carbocycles. The lowest BCUT2D eigenvalue weighted by atomic mass is 10.1. The van der Waals surface area contributed by atoms with Crippen LogP contribution in [0.25, 0.3) is 6.08 Å². The molecule has 0 saturated carbocycles. The third-order valence-electron chi connectivity index (χ3n) is 4.89. The van der Waals surface area contributed by atoms with Crippen LogP contribution in [-0.2, 0) is 4.79 Å². The minimum atomic E-state index is -0.474. The van der Waals surface area contributed by atoms with Crippen molar-refractivity contribution in [1.82, 2.24) is 0 Å². The molecule has 1 heterocycles. The van der Waals surface area contributed by atoms with E-state index in [1.165, 1.54) is 17.0 Å². The van der Waals surface area contributed by atoms with E-state index < -0.39 is 4.92 Å². The van der Waals surface area contributed by atoms with Gasteiger partial charge in [0.25, 0.3) is 11.6 Å². The molecule has 31 heavy (non-hydrogen) atoms. The molecule has 1 aliphatic rings. The molecule has 4 rings (SSSR count). The van der Waals surface area contributed by atoms with Crippen molar-refractivity contribution in [3.8, 4) is 5.75 Å². The van der Waals surface area contributed by atoms with Crippen LogP contribution in [0.2, 0.25) is 0 Å². The van der Waals surface area contributed by atoms with Crippen molar-refractivity contribution in [2.24, 2.45) is 4.99 Å². The Bertz CT molecular complexity index is 1230. The molecule has 1 amide bonds. The number of para-hydroxylation sites is 1. The summed E-state index contributed by atoms with van der Waals surface area (Å²) in [6, 6.07) is 21.0. The van der Waals surface area contributed by atoms with Crippen molar-refractivity contribution in [2.75, 3.05) is 12.0 Å². The number of nitro benzene ring substituents is 1. The van der Waals surface area contributed by atoms with Crippen molar-refractivity contribution in [3.05, 3.63) is 105 Å². The van der Waals surface area contributed by atoms with E-state index in [0.717, 1.165) is 11.1 Å². The summed E-state index contributed by atoms with van der Waals surface area (Å²) >= 11 is 0. The zero-order chi connectivity index (χ0) is 22.0. The SMILES string of the molecule is COc1ccc(N2C(=O)/C(=C\c3ccccc3[N+](=O)[O-])N=C2c2cccc(C)c2)cc1. The van der Waals surface area contributed by atoms with Crippen LogP contribution < -0.4 is 9.64 Å². The lowest BCUT2D eigenvalue weighted by molar-refractivity contribution is -0.385. The standard InChI is InChI=1S/C24H19N3O4/c1-16-6-5-8-18(14-16)23-25-21(15-17-7-3-4-9-22(17)27(29)30)24(28)26(23)19-10-12-20(31-2)13-11-19/h3-15H,1-2H3/b21-15+. The number of amidine groups is 1. The number of amides is 1. The van der Waals surface area contributed by atoms with E-state index >= 15 is 0 Å². The van der Waals surface area contributed by atoms with Gasteiger partial charge in [-0.15, -0.1) is 0 Å². The van der Waals surface area contributed by atoms with Gasteiger partial charge >= 0.3 is 0 Å². The van der Waals surface area contributed by atoms with E-state index in [4.69, 9.17) is 4.74 Å². The number of carbonyl (C=O) groups excluding carboxylic acids is 1. The average Bonchev–Trinajstić information content (AvgIpc) is 3.10. The second-order valence-electron chi connectivity index (χ2n) is 6.99. The Morgan fingerprint density at radius 1 is 1.03 bits per heavy atom. The summed E-state index contributed by atoms with van der Waals surface area (Å²) in [4.78, 5) is 30.3. The molecule has 7 heteroatoms. The second-order valence-corrected chi connectivity index (χ2v) is 6.99. The van der Waals surface area contributed by atoms with Gasteiger partial charge in [0, 0.05) is 11.6 Å². The van der Waals surface area contributed by atoms with Gasteiger partial charge in [0.2, 0.25) is 0 Å². The highest BCUT2D eigenvalue weighted by Gasteiger charge is 2.33. The molecule has 3 aromatic rings. The quantitative estimate of drug-likeness (QED) is 0.343. The Hall–Kier alpha value is -4.26. The number of anilines is 1. The Morgan fingerprint density at radius 3 is 2.45 bits per heavy atom. The van der Waals surface area contributed by atoms with Gasteiger partial charge in [-0.25, -0.2) is 4.99 Å². The number of aryl methyl sites for hydroxylation is 1. The molecule has 0 aromatic heterocycles. The molecule has 0 N–H and O–H groups in total. The number of nitrogens with zero attached hydrogens (tertiary/aromatic N) is 3. The van der Waals surface area contributed by atoms with Crippen LogP contribution in [0.4, 0.5) is 11.4 Å². The predicted molar refractivity (Wildman–Crippen MR) is 119 cm³/mol. The molecule has 0 unspecified atom stereocenters. The summed E-state index contributed by atoms with van der Waals surface area (Å²) < 4.78 is 5.21. The van der Waals surface area contributed by atoms with E-state index in [0.29, 0.717) is 22.8 Å². The van der Waals surface area contributed by atoms with E-state index in [9.17, 15) is 14.9 Å². The number of hydrogen-bond donors (Lipinski definition) is 0. The van der Waals surface area contributed by atoms with E-state index in [1.807, 2.05) is 31.2 Å². The first-order valence-electron chi connectivity index (χ1n) is 9.57. The Morgan fingerprint density at radius 2 is 1.77 bits per heavy atom. The fourth-order valence-corrected chi connectivity index (χ4v) is 3.39. The van der Waals surface area contributed by atoms with Gasteiger partial charge in [0.05, 0.1) is 23.3 Å². The molecule has 0 fully saturated rings. The molecular formula is C24H19N3O4. The molecule has 1 aliphatic heterocycles. The van der Waals surface area contributed by atoms with Crippen molar-refractivity contribution in [2.45, 2.75) is 6.92 Å². The Labute approximate surface area is 179 Å². The largest absolute Gasteiger partial charge is 0.497 e. The molecule has 3 aromatic carbocycles. The maximum absolute atomic E-state index is 13.4. The maximum atomic E-state index is 13.4. The number of hydrogen-bond acceptors (Lipinski definition) is 5. The van der Waals surface area contributed by atoms with E-state index in [1.54, 1.807) is 49.6 Å². The van der Waals surface area contributed by atoms with E-state index in [-0.39, 0.29) is 17.3 Å². The van der Waals surface area contributed by atoms with Crippen molar-refractivity contribution in [1.29, 1.82) is 0 Å². The normalized spacial score (nSPS) is 14.6. The highest BCUT2D eigenvalue weighted by atomic mass is 16.6. The van der Waals surface area contributed by atoms with Gasteiger partial charge in [-0.3, -0.25) is 19.8 Å². The number of ether oxygens (including phenoxy) is 1. The van der Waals surface area contributed by atoms with Crippen molar-refractivity contribution in [3.63, 3.8) is 0 Å². The first-order valence-corrected chi connectivity index (χ1v) is 9.57. The first kappa shape index (κ1) is 20.0. The van der Waals surface area contributed by atoms with Crippen molar-refractivity contribution >= 4 is 29.2 Å². The summed E-state index contributed by atoms with van der Waals surface area (Å²) in [5.41, 5.74) is 2.78. The smallest absolute Gasteiger partial charge is 0.282 e. The van der Waals surface area contributed by atoms with Crippen LogP contribution in [0.3, 0.4) is 0 Å². The fourth-order valence-electron chi connectivity index (χ4n) is 3.39. The molecule has 7 nitrogen and oxygen atoms in total. The lowest BCUT2D eigenvalue weighted by Crippen LogP contribution is -2.32.